The lowest BCUT2D eigenvalue weighted by Gasteiger charge is -2.47. The molecule has 0 saturated carbocycles. The van der Waals surface area contributed by atoms with E-state index < -0.39 is 23.2 Å². The van der Waals surface area contributed by atoms with Gasteiger partial charge in [0.05, 0.1) is 18.4 Å². The summed E-state index contributed by atoms with van der Waals surface area (Å²) < 4.78 is 19.3. The Morgan fingerprint density at radius 2 is 1.65 bits per heavy atom. The van der Waals surface area contributed by atoms with Crippen LogP contribution in [-0.2, 0) is 28.6 Å². The smallest absolute Gasteiger partial charge is 0.337 e. The molecule has 0 radical (unpaired) electrons. The average Bonchev–Trinajstić information content (AvgIpc) is 2.86. The molecule has 1 heterocycles. The monoisotopic (exact) mass is 504 g/mol. The third-order valence-electron chi connectivity index (χ3n) is 7.20. The molecule has 0 spiro atoms. The molecule has 1 atom stereocenters. The maximum atomic E-state index is 14.0. The third-order valence-corrected chi connectivity index (χ3v) is 7.20. The summed E-state index contributed by atoms with van der Waals surface area (Å²) in [7, 11) is 1.49. The number of nitrogens with zero attached hydrogens (tertiary/aromatic N) is 1. The molecule has 1 amide bonds. The van der Waals surface area contributed by atoms with Crippen molar-refractivity contribution in [1.82, 2.24) is 0 Å². The maximum absolute atomic E-state index is 14.0. The van der Waals surface area contributed by atoms with E-state index >= 15 is 0 Å². The second-order valence-corrected chi connectivity index (χ2v) is 10.6. The van der Waals surface area contributed by atoms with Gasteiger partial charge >= 0.3 is 5.97 Å². The van der Waals surface area contributed by atoms with E-state index in [1.54, 1.807) is 12.1 Å². The number of aromatic carboxylic acids is 1. The summed E-state index contributed by atoms with van der Waals surface area (Å²) in [6.45, 7) is 6.78. The van der Waals surface area contributed by atoms with Crippen molar-refractivity contribution in [2.75, 3.05) is 18.6 Å². The molecule has 6 nitrogen and oxygen atoms in total. The second-order valence-electron chi connectivity index (χ2n) is 10.6. The van der Waals surface area contributed by atoms with Gasteiger partial charge in [0.2, 0.25) is 5.91 Å². The first-order valence-corrected chi connectivity index (χ1v) is 12.3. The molecule has 194 valence electrons. The normalized spacial score (nSPS) is 15.0. The number of carboxylic acid groups (broad SMARTS) is 1. The largest absolute Gasteiger partial charge is 0.497 e. The first-order valence-electron chi connectivity index (χ1n) is 12.3. The Balaban J connectivity index is 1.96. The summed E-state index contributed by atoms with van der Waals surface area (Å²) >= 11 is 0. The molecule has 0 aliphatic carbocycles. The van der Waals surface area contributed by atoms with E-state index in [2.05, 4.69) is 20.8 Å². The molecule has 1 aliphatic heterocycles. The SMILES string of the molecule is COc1cc2c(c(C(=O)O)c1)N(C(Cc1ccc(C(C)(C)C)cc1)(C(N)=O)c1ccc(F)cc1)CCC2. The van der Waals surface area contributed by atoms with Crippen LogP contribution >= 0.6 is 0 Å². The molecule has 4 rings (SSSR count). The average molecular weight is 505 g/mol. The topological polar surface area (TPSA) is 92.9 Å². The molecule has 0 bridgehead atoms. The number of fused-ring (bicyclic) bond motifs is 1. The number of rotatable bonds is 7. The highest BCUT2D eigenvalue weighted by Gasteiger charge is 2.47. The summed E-state index contributed by atoms with van der Waals surface area (Å²) in [5, 5.41) is 10.1. The maximum Gasteiger partial charge on any atom is 0.337 e. The van der Waals surface area contributed by atoms with Crippen LogP contribution in [0, 0.1) is 5.82 Å². The van der Waals surface area contributed by atoms with Crippen molar-refractivity contribution in [2.45, 2.75) is 51.0 Å². The van der Waals surface area contributed by atoms with Gasteiger partial charge in [0, 0.05) is 13.0 Å². The van der Waals surface area contributed by atoms with Gasteiger partial charge in [0.1, 0.15) is 17.1 Å². The van der Waals surface area contributed by atoms with E-state index in [9.17, 15) is 19.1 Å². The highest BCUT2D eigenvalue weighted by atomic mass is 19.1. The number of benzene rings is 3. The number of methoxy groups -OCH3 is 1. The number of primary amides is 1. The number of anilines is 1. The number of carboxylic acids is 1. The lowest BCUT2D eigenvalue weighted by molar-refractivity contribution is -0.123. The molecule has 3 aromatic carbocycles. The predicted molar refractivity (Wildman–Crippen MR) is 142 cm³/mol. The van der Waals surface area contributed by atoms with E-state index in [0.29, 0.717) is 36.4 Å². The fourth-order valence-corrected chi connectivity index (χ4v) is 5.24. The molecule has 0 aromatic heterocycles. The van der Waals surface area contributed by atoms with E-state index in [0.717, 1.165) is 16.7 Å². The van der Waals surface area contributed by atoms with Gasteiger partial charge in [-0.2, -0.15) is 0 Å². The molecule has 3 N–H and O–H groups in total. The van der Waals surface area contributed by atoms with Gasteiger partial charge in [-0.05, 0) is 64.8 Å². The zero-order chi connectivity index (χ0) is 27.0. The van der Waals surface area contributed by atoms with Crippen molar-refractivity contribution in [1.29, 1.82) is 0 Å². The minimum Gasteiger partial charge on any atom is -0.497 e. The van der Waals surface area contributed by atoms with Crippen LogP contribution in [0.3, 0.4) is 0 Å². The van der Waals surface area contributed by atoms with Crippen LogP contribution in [0.5, 0.6) is 5.75 Å². The quantitative estimate of drug-likeness (QED) is 0.461. The Kier molecular flexibility index (Phi) is 7.00. The van der Waals surface area contributed by atoms with E-state index in [-0.39, 0.29) is 17.4 Å². The minimum absolute atomic E-state index is 0.0323. The van der Waals surface area contributed by atoms with E-state index in [1.165, 1.54) is 25.3 Å². The molecule has 0 saturated heterocycles. The first-order chi connectivity index (χ1) is 17.5. The Bertz CT molecular complexity index is 1310. The standard InChI is InChI=1S/C30H33FN2O4/c1-29(2,3)21-9-7-19(8-10-21)18-30(28(32)36,22-11-13-23(31)14-12-22)33-15-5-6-20-16-24(37-4)17-25(26(20)33)27(34)35/h7-14,16-17H,5-6,15,18H2,1-4H3,(H2,32,36)(H,34,35). The van der Waals surface area contributed by atoms with Crippen LogP contribution in [0.25, 0.3) is 0 Å². The highest BCUT2D eigenvalue weighted by molar-refractivity contribution is 5.99. The summed E-state index contributed by atoms with van der Waals surface area (Å²) in [6.07, 6.45) is 1.49. The van der Waals surface area contributed by atoms with Crippen LogP contribution in [0.4, 0.5) is 10.1 Å². The number of halogens is 1. The van der Waals surface area contributed by atoms with Gasteiger partial charge in [-0.25, -0.2) is 9.18 Å². The molecular formula is C30H33FN2O4. The lowest BCUT2D eigenvalue weighted by atomic mass is 9.78. The number of nitrogens with two attached hydrogens (primary N) is 1. The van der Waals surface area contributed by atoms with Crippen LogP contribution < -0.4 is 15.4 Å². The fraction of sp³-hybridized carbons (Fsp3) is 0.333. The molecule has 1 aliphatic rings. The van der Waals surface area contributed by atoms with Gasteiger partial charge in [-0.15, -0.1) is 0 Å². The molecule has 3 aromatic rings. The summed E-state index contributed by atoms with van der Waals surface area (Å²) in [5.41, 5.74) is 8.45. The number of ether oxygens (including phenoxy) is 1. The van der Waals surface area contributed by atoms with Crippen molar-refractivity contribution in [2.24, 2.45) is 5.73 Å². The zero-order valence-corrected chi connectivity index (χ0v) is 21.7. The fourth-order valence-electron chi connectivity index (χ4n) is 5.24. The Morgan fingerprint density at radius 1 is 1.03 bits per heavy atom. The van der Waals surface area contributed by atoms with Crippen LogP contribution in [-0.4, -0.2) is 30.6 Å². The van der Waals surface area contributed by atoms with E-state index in [1.807, 2.05) is 35.2 Å². The van der Waals surface area contributed by atoms with Crippen LogP contribution in [0.15, 0.2) is 60.7 Å². The van der Waals surface area contributed by atoms with Crippen LogP contribution in [0.2, 0.25) is 0 Å². The zero-order valence-electron chi connectivity index (χ0n) is 21.7. The summed E-state index contributed by atoms with van der Waals surface area (Å²) in [4.78, 5) is 27.8. The van der Waals surface area contributed by atoms with Crippen molar-refractivity contribution in [3.05, 3.63) is 94.3 Å². The Morgan fingerprint density at radius 3 is 2.19 bits per heavy atom. The number of hydrogen-bond acceptors (Lipinski definition) is 4. The van der Waals surface area contributed by atoms with Gasteiger partial charge in [-0.3, -0.25) is 4.79 Å². The third kappa shape index (κ3) is 4.90. The van der Waals surface area contributed by atoms with Crippen molar-refractivity contribution in [3.63, 3.8) is 0 Å². The number of amides is 1. The Labute approximate surface area is 216 Å². The second kappa shape index (κ2) is 9.88. The molecule has 0 fully saturated rings. The van der Waals surface area contributed by atoms with Crippen molar-refractivity contribution < 1.29 is 23.8 Å². The molecular weight excluding hydrogens is 471 g/mol. The number of carbonyl (C=O) groups excluding carboxylic acids is 1. The summed E-state index contributed by atoms with van der Waals surface area (Å²) in [5.74, 6) is -1.78. The van der Waals surface area contributed by atoms with Gasteiger partial charge in [0.15, 0.2) is 0 Å². The predicted octanol–water partition coefficient (Wildman–Crippen LogP) is 5.21. The first kappa shape index (κ1) is 26.2. The van der Waals surface area contributed by atoms with Gasteiger partial charge in [0.25, 0.3) is 0 Å². The number of carbonyl (C=O) groups is 2. The summed E-state index contributed by atoms with van der Waals surface area (Å²) in [6, 6.07) is 17.0. The van der Waals surface area contributed by atoms with Gasteiger partial charge in [-0.1, -0.05) is 57.2 Å². The number of aryl methyl sites for hydroxylation is 1. The highest BCUT2D eigenvalue weighted by Crippen LogP contribution is 2.44. The van der Waals surface area contributed by atoms with E-state index in [4.69, 9.17) is 10.5 Å². The van der Waals surface area contributed by atoms with Gasteiger partial charge < -0.3 is 20.5 Å². The van der Waals surface area contributed by atoms with Crippen molar-refractivity contribution >= 4 is 17.6 Å². The van der Waals surface area contributed by atoms with Crippen LogP contribution in [0.1, 0.15) is 59.8 Å². The Hall–Kier alpha value is -3.87. The lowest BCUT2D eigenvalue weighted by Crippen LogP contribution is -2.58. The molecule has 1 unspecified atom stereocenters. The minimum atomic E-state index is -1.45. The number of hydrogen-bond donors (Lipinski definition) is 2. The van der Waals surface area contributed by atoms with Crippen molar-refractivity contribution in [3.8, 4) is 5.75 Å². The molecule has 7 heteroatoms. The molecule has 37 heavy (non-hydrogen) atoms.